The summed E-state index contributed by atoms with van der Waals surface area (Å²) in [4.78, 5) is 11.4. The van der Waals surface area contributed by atoms with Gasteiger partial charge < -0.3 is 20.4 Å². The lowest BCUT2D eigenvalue weighted by molar-refractivity contribution is -0.154. The predicted octanol–water partition coefficient (Wildman–Crippen LogP) is 1.58. The smallest absolute Gasteiger partial charge is 0.147 e. The molecule has 0 saturated carbocycles. The molecule has 2 heterocycles. The van der Waals surface area contributed by atoms with Crippen LogP contribution < -0.4 is 5.32 Å². The second-order valence-corrected chi connectivity index (χ2v) is 6.13. The number of aliphatic imine (C=N–C) groups is 1. The third-order valence-electron chi connectivity index (χ3n) is 3.40. The fourth-order valence-corrected chi connectivity index (χ4v) is 2.53. The Hall–Kier alpha value is -1.94. The Morgan fingerprint density at radius 2 is 2.29 bits per heavy atom. The predicted molar refractivity (Wildman–Crippen MR) is 90.0 cm³/mol. The number of aliphatic hydroxyl groups is 2. The number of benzene rings is 1. The van der Waals surface area contributed by atoms with Gasteiger partial charge in [-0.15, -0.1) is 0 Å². The molecule has 0 radical (unpaired) electrons. The minimum Gasteiger partial charge on any atom is -0.394 e. The molecular formula is C15H16BrFN4O3. The second kappa shape index (κ2) is 7.31. The number of anilines is 1. The van der Waals surface area contributed by atoms with Crippen molar-refractivity contribution in [3.05, 3.63) is 52.4 Å². The highest BCUT2D eigenvalue weighted by molar-refractivity contribution is 9.10. The molecule has 128 valence electrons. The molecule has 3 rings (SSSR count). The summed E-state index contributed by atoms with van der Waals surface area (Å²) in [5, 5.41) is 22.7. The van der Waals surface area contributed by atoms with Crippen LogP contribution in [0, 0.1) is 5.82 Å². The van der Waals surface area contributed by atoms with Gasteiger partial charge in [-0.1, -0.05) is 15.9 Å². The maximum absolute atomic E-state index is 14.0. The summed E-state index contributed by atoms with van der Waals surface area (Å²) in [7, 11) is 0. The summed E-state index contributed by atoms with van der Waals surface area (Å²) in [6.07, 6.45) is 4.00. The van der Waals surface area contributed by atoms with E-state index in [9.17, 15) is 9.50 Å². The molecule has 24 heavy (non-hydrogen) atoms. The van der Waals surface area contributed by atoms with Crippen molar-refractivity contribution in [1.82, 2.24) is 9.96 Å². The van der Waals surface area contributed by atoms with Gasteiger partial charge in [0.05, 0.1) is 36.6 Å². The average Bonchev–Trinajstić information content (AvgIpc) is 2.99. The molecule has 0 unspecified atom stereocenters. The van der Waals surface area contributed by atoms with Crippen molar-refractivity contribution in [3.63, 3.8) is 0 Å². The van der Waals surface area contributed by atoms with Gasteiger partial charge in [-0.2, -0.15) is 0 Å². The summed E-state index contributed by atoms with van der Waals surface area (Å²) in [6.45, 7) is -0.0549. The first-order valence-electron chi connectivity index (χ1n) is 7.20. The van der Waals surface area contributed by atoms with E-state index < -0.39 is 6.10 Å². The van der Waals surface area contributed by atoms with Crippen molar-refractivity contribution in [2.75, 3.05) is 25.2 Å². The Morgan fingerprint density at radius 3 is 3.04 bits per heavy atom. The van der Waals surface area contributed by atoms with Gasteiger partial charge in [0.2, 0.25) is 0 Å². The Balaban J connectivity index is 1.68. The highest BCUT2D eigenvalue weighted by Gasteiger charge is 2.26. The number of fused-ring (bicyclic) bond motifs is 1. The van der Waals surface area contributed by atoms with Crippen LogP contribution in [0.1, 0.15) is 0 Å². The molecule has 7 nitrogen and oxygen atoms in total. The van der Waals surface area contributed by atoms with Gasteiger partial charge >= 0.3 is 0 Å². The topological polar surface area (TPSA) is 80.6 Å². The zero-order valence-corrected chi connectivity index (χ0v) is 14.1. The molecule has 0 fully saturated rings. The fraction of sp³-hybridized carbons (Fsp3) is 0.267. The van der Waals surface area contributed by atoms with Crippen LogP contribution in [0.3, 0.4) is 0 Å². The molecule has 1 aromatic carbocycles. The summed E-state index contributed by atoms with van der Waals surface area (Å²) in [5.41, 5.74) is 1.09. The Bertz CT molecular complexity index is 710. The summed E-state index contributed by atoms with van der Waals surface area (Å²) in [5.74, 6) is 0.211. The van der Waals surface area contributed by atoms with Crippen molar-refractivity contribution < 1.29 is 19.4 Å². The van der Waals surface area contributed by atoms with E-state index in [1.54, 1.807) is 30.7 Å². The molecular weight excluding hydrogens is 383 g/mol. The minimum absolute atomic E-state index is 0.0287. The molecule has 0 bridgehead atoms. The van der Waals surface area contributed by atoms with Gasteiger partial charge in [-0.3, -0.25) is 9.83 Å². The molecule has 0 amide bonds. The van der Waals surface area contributed by atoms with Crippen LogP contribution in [-0.4, -0.2) is 52.4 Å². The third kappa shape index (κ3) is 3.75. The van der Waals surface area contributed by atoms with Crippen LogP contribution in [0.25, 0.3) is 0 Å². The first-order chi connectivity index (χ1) is 11.6. The molecule has 9 heteroatoms. The van der Waals surface area contributed by atoms with Crippen LogP contribution in [0.15, 0.2) is 51.6 Å². The van der Waals surface area contributed by atoms with E-state index in [4.69, 9.17) is 9.94 Å². The van der Waals surface area contributed by atoms with E-state index in [2.05, 4.69) is 26.2 Å². The number of nitrogens with one attached hydrogen (secondary N) is 1. The standard InChI is InChI=1S/C15H16BrFN4O3/c16-10-1-2-14(13(17)3-10)19-15-5-18-4-11-6-20(9-21(11)15)24-8-12(23)7-22/h1-6,12,19,22-23H,7-9H2/t12-/m1/s1. The van der Waals surface area contributed by atoms with Crippen molar-refractivity contribution in [2.24, 2.45) is 4.99 Å². The number of nitrogens with zero attached hydrogens (tertiary/aromatic N) is 3. The van der Waals surface area contributed by atoms with Gasteiger partial charge in [0.25, 0.3) is 0 Å². The third-order valence-corrected chi connectivity index (χ3v) is 3.89. The van der Waals surface area contributed by atoms with Crippen LogP contribution in [-0.2, 0) is 4.84 Å². The van der Waals surface area contributed by atoms with Gasteiger partial charge in [0.1, 0.15) is 31.0 Å². The number of rotatable bonds is 6. The number of hydrogen-bond acceptors (Lipinski definition) is 7. The maximum atomic E-state index is 14.0. The van der Waals surface area contributed by atoms with Crippen LogP contribution in [0.5, 0.6) is 0 Å². The quantitative estimate of drug-likeness (QED) is 0.674. The highest BCUT2D eigenvalue weighted by atomic mass is 79.9. The number of allylic oxidation sites excluding steroid dienone is 1. The molecule has 2 aliphatic rings. The van der Waals surface area contributed by atoms with Crippen LogP contribution in [0.4, 0.5) is 10.1 Å². The number of halogens is 2. The molecule has 1 aromatic rings. The fourth-order valence-electron chi connectivity index (χ4n) is 2.19. The van der Waals surface area contributed by atoms with E-state index >= 15 is 0 Å². The average molecular weight is 399 g/mol. The SMILES string of the molecule is OC[C@@H](O)CON1C=C2C=NC=C(Nc3ccc(Br)cc3F)N2C1. The Labute approximate surface area is 146 Å². The van der Waals surface area contributed by atoms with Gasteiger partial charge in [-0.05, 0) is 18.2 Å². The molecule has 0 aliphatic carbocycles. The highest BCUT2D eigenvalue weighted by Crippen LogP contribution is 2.27. The molecule has 2 aliphatic heterocycles. The van der Waals surface area contributed by atoms with Gasteiger partial charge in [-0.25, -0.2) is 9.45 Å². The first-order valence-corrected chi connectivity index (χ1v) is 7.99. The molecule has 0 aromatic heterocycles. The monoisotopic (exact) mass is 398 g/mol. The molecule has 1 atom stereocenters. The summed E-state index contributed by atoms with van der Waals surface area (Å²) in [6, 6.07) is 4.75. The lowest BCUT2D eigenvalue weighted by atomic mass is 10.3. The van der Waals surface area contributed by atoms with E-state index in [0.717, 1.165) is 5.70 Å². The molecule has 3 N–H and O–H groups in total. The molecule has 0 saturated heterocycles. The van der Waals surface area contributed by atoms with Crippen molar-refractivity contribution in [1.29, 1.82) is 0 Å². The Morgan fingerprint density at radius 1 is 1.46 bits per heavy atom. The second-order valence-electron chi connectivity index (χ2n) is 5.21. The lowest BCUT2D eigenvalue weighted by Crippen LogP contribution is -2.33. The normalized spacial score (nSPS) is 17.5. The zero-order valence-electron chi connectivity index (χ0n) is 12.6. The summed E-state index contributed by atoms with van der Waals surface area (Å²) < 4.78 is 14.7. The summed E-state index contributed by atoms with van der Waals surface area (Å²) >= 11 is 3.22. The van der Waals surface area contributed by atoms with E-state index in [1.165, 1.54) is 11.1 Å². The van der Waals surface area contributed by atoms with Crippen LogP contribution in [0.2, 0.25) is 0 Å². The number of aliphatic hydroxyl groups excluding tert-OH is 2. The number of hydroxylamine groups is 2. The van der Waals surface area contributed by atoms with E-state index in [0.29, 0.717) is 22.6 Å². The maximum Gasteiger partial charge on any atom is 0.147 e. The van der Waals surface area contributed by atoms with Crippen molar-refractivity contribution in [2.45, 2.75) is 6.10 Å². The van der Waals surface area contributed by atoms with Crippen molar-refractivity contribution >= 4 is 27.8 Å². The largest absolute Gasteiger partial charge is 0.394 e. The van der Waals surface area contributed by atoms with Crippen LogP contribution >= 0.6 is 15.9 Å². The van der Waals surface area contributed by atoms with Gasteiger partial charge in [0, 0.05) is 4.47 Å². The Kier molecular flexibility index (Phi) is 5.14. The minimum atomic E-state index is -0.945. The zero-order chi connectivity index (χ0) is 17.1. The number of hydrogen-bond donors (Lipinski definition) is 3. The van der Waals surface area contributed by atoms with Crippen molar-refractivity contribution in [3.8, 4) is 0 Å². The lowest BCUT2D eigenvalue weighted by Gasteiger charge is -2.27. The first kappa shape index (κ1) is 16.9. The van der Waals surface area contributed by atoms with E-state index in [1.807, 2.05) is 4.90 Å². The van der Waals surface area contributed by atoms with E-state index in [-0.39, 0.29) is 19.0 Å². The van der Waals surface area contributed by atoms with Gasteiger partial charge in [0.15, 0.2) is 0 Å². The molecule has 0 spiro atoms.